The summed E-state index contributed by atoms with van der Waals surface area (Å²) in [6, 6.07) is 13.7. The van der Waals surface area contributed by atoms with Gasteiger partial charge in [0.2, 0.25) is 0 Å². The summed E-state index contributed by atoms with van der Waals surface area (Å²) in [7, 11) is 0. The molecule has 1 unspecified atom stereocenters. The van der Waals surface area contributed by atoms with E-state index in [1.165, 1.54) is 4.90 Å². The SMILES string of the molecule is Cc1cc(Oc2ccc(C#N)cc2)ccc1NC(=O)N1CCOC(C(=O)O)C1. The Kier molecular flexibility index (Phi) is 5.77. The molecule has 1 heterocycles. The number of carbonyl (C=O) groups is 2. The van der Waals surface area contributed by atoms with Gasteiger partial charge in [0.05, 0.1) is 24.8 Å². The van der Waals surface area contributed by atoms with Crippen LogP contribution in [0.2, 0.25) is 0 Å². The van der Waals surface area contributed by atoms with Gasteiger partial charge in [-0.1, -0.05) is 0 Å². The van der Waals surface area contributed by atoms with Gasteiger partial charge in [0.15, 0.2) is 6.10 Å². The fraction of sp³-hybridized carbons (Fsp3) is 0.250. The fourth-order valence-corrected chi connectivity index (χ4v) is 2.75. The van der Waals surface area contributed by atoms with E-state index >= 15 is 0 Å². The Balaban J connectivity index is 1.64. The van der Waals surface area contributed by atoms with Gasteiger partial charge in [-0.3, -0.25) is 0 Å². The molecule has 0 saturated carbocycles. The van der Waals surface area contributed by atoms with E-state index in [0.29, 0.717) is 29.3 Å². The Morgan fingerprint density at radius 2 is 1.96 bits per heavy atom. The van der Waals surface area contributed by atoms with Crippen LogP contribution >= 0.6 is 0 Å². The third kappa shape index (κ3) is 4.58. The zero-order valence-corrected chi connectivity index (χ0v) is 15.2. The summed E-state index contributed by atoms with van der Waals surface area (Å²) < 4.78 is 10.9. The first kappa shape index (κ1) is 19.2. The van der Waals surface area contributed by atoms with Crippen LogP contribution in [0.4, 0.5) is 10.5 Å². The van der Waals surface area contributed by atoms with Gasteiger partial charge in [0.25, 0.3) is 0 Å². The van der Waals surface area contributed by atoms with Crippen LogP contribution in [0, 0.1) is 18.3 Å². The van der Waals surface area contributed by atoms with Gasteiger partial charge in [-0.2, -0.15) is 5.26 Å². The molecule has 2 aromatic carbocycles. The number of hydrogen-bond donors (Lipinski definition) is 2. The molecule has 2 N–H and O–H groups in total. The highest BCUT2D eigenvalue weighted by molar-refractivity contribution is 5.90. The molecule has 2 aromatic rings. The van der Waals surface area contributed by atoms with Crippen LogP contribution in [0.25, 0.3) is 0 Å². The van der Waals surface area contributed by atoms with Crippen LogP contribution in [0.1, 0.15) is 11.1 Å². The van der Waals surface area contributed by atoms with Crippen molar-refractivity contribution in [2.75, 3.05) is 25.0 Å². The summed E-state index contributed by atoms with van der Waals surface area (Å²) in [4.78, 5) is 24.9. The Morgan fingerprint density at radius 3 is 2.61 bits per heavy atom. The van der Waals surface area contributed by atoms with Gasteiger partial charge in [-0.05, 0) is 55.0 Å². The highest BCUT2D eigenvalue weighted by Crippen LogP contribution is 2.26. The lowest BCUT2D eigenvalue weighted by Gasteiger charge is -2.31. The van der Waals surface area contributed by atoms with Crippen LogP contribution < -0.4 is 10.1 Å². The van der Waals surface area contributed by atoms with Crippen molar-refractivity contribution >= 4 is 17.7 Å². The summed E-state index contributed by atoms with van der Waals surface area (Å²) in [5.74, 6) is 0.110. The predicted octanol–water partition coefficient (Wildman–Crippen LogP) is 2.98. The highest BCUT2D eigenvalue weighted by Gasteiger charge is 2.29. The predicted molar refractivity (Wildman–Crippen MR) is 100 cm³/mol. The normalized spacial score (nSPS) is 16.1. The average Bonchev–Trinajstić information content (AvgIpc) is 2.70. The number of ether oxygens (including phenoxy) is 2. The van der Waals surface area contributed by atoms with Crippen molar-refractivity contribution < 1.29 is 24.2 Å². The van der Waals surface area contributed by atoms with Crippen molar-refractivity contribution in [2.24, 2.45) is 0 Å². The van der Waals surface area contributed by atoms with Gasteiger partial charge in [-0.25, -0.2) is 9.59 Å². The number of amides is 2. The molecule has 144 valence electrons. The third-order valence-corrected chi connectivity index (χ3v) is 4.29. The number of nitriles is 1. The highest BCUT2D eigenvalue weighted by atomic mass is 16.5. The van der Waals surface area contributed by atoms with Crippen LogP contribution in [0.15, 0.2) is 42.5 Å². The smallest absolute Gasteiger partial charge is 0.334 e. The second-order valence-corrected chi connectivity index (χ2v) is 6.29. The van der Waals surface area contributed by atoms with Crippen LogP contribution in [0.5, 0.6) is 11.5 Å². The van der Waals surface area contributed by atoms with E-state index in [1.54, 1.807) is 42.5 Å². The van der Waals surface area contributed by atoms with Gasteiger partial charge in [0, 0.05) is 12.2 Å². The van der Waals surface area contributed by atoms with E-state index in [-0.39, 0.29) is 19.2 Å². The number of nitrogens with zero attached hydrogens (tertiary/aromatic N) is 2. The Hall–Kier alpha value is -3.57. The zero-order valence-electron chi connectivity index (χ0n) is 15.2. The largest absolute Gasteiger partial charge is 0.479 e. The van der Waals surface area contributed by atoms with Crippen molar-refractivity contribution in [3.8, 4) is 17.6 Å². The van der Waals surface area contributed by atoms with Crippen LogP contribution in [-0.2, 0) is 9.53 Å². The minimum Gasteiger partial charge on any atom is -0.479 e. The van der Waals surface area contributed by atoms with Gasteiger partial charge < -0.3 is 24.8 Å². The second-order valence-electron chi connectivity index (χ2n) is 6.29. The van der Waals surface area contributed by atoms with E-state index in [0.717, 1.165) is 5.56 Å². The monoisotopic (exact) mass is 381 g/mol. The number of nitrogens with one attached hydrogen (secondary N) is 1. The van der Waals surface area contributed by atoms with Crippen molar-refractivity contribution in [2.45, 2.75) is 13.0 Å². The number of aryl methyl sites for hydroxylation is 1. The number of rotatable bonds is 4. The van der Waals surface area contributed by atoms with Crippen molar-refractivity contribution in [3.63, 3.8) is 0 Å². The third-order valence-electron chi connectivity index (χ3n) is 4.29. The van der Waals surface area contributed by atoms with Gasteiger partial charge in [-0.15, -0.1) is 0 Å². The average molecular weight is 381 g/mol. The topological polar surface area (TPSA) is 112 Å². The van der Waals surface area contributed by atoms with Gasteiger partial charge >= 0.3 is 12.0 Å². The molecule has 28 heavy (non-hydrogen) atoms. The van der Waals surface area contributed by atoms with Crippen molar-refractivity contribution in [1.82, 2.24) is 4.90 Å². The van der Waals surface area contributed by atoms with E-state index in [1.807, 2.05) is 13.0 Å². The van der Waals surface area contributed by atoms with Crippen LogP contribution in [0.3, 0.4) is 0 Å². The number of benzene rings is 2. The molecular formula is C20H19N3O5. The first-order valence-electron chi connectivity index (χ1n) is 8.65. The quantitative estimate of drug-likeness (QED) is 0.842. The molecular weight excluding hydrogens is 362 g/mol. The van der Waals surface area contributed by atoms with Gasteiger partial charge in [0.1, 0.15) is 11.5 Å². The molecule has 1 aliphatic rings. The number of aliphatic carboxylic acids is 1. The Bertz CT molecular complexity index is 920. The molecule has 0 bridgehead atoms. The number of anilines is 1. The number of carbonyl (C=O) groups excluding carboxylic acids is 1. The summed E-state index contributed by atoms with van der Waals surface area (Å²) in [5, 5.41) is 20.7. The lowest BCUT2D eigenvalue weighted by Crippen LogP contribution is -2.49. The minimum atomic E-state index is -1.09. The molecule has 0 spiro atoms. The lowest BCUT2D eigenvalue weighted by atomic mass is 10.2. The maximum atomic E-state index is 12.4. The molecule has 8 heteroatoms. The summed E-state index contributed by atoms with van der Waals surface area (Å²) in [6.45, 7) is 2.34. The molecule has 3 rings (SSSR count). The van der Waals surface area contributed by atoms with Crippen molar-refractivity contribution in [3.05, 3.63) is 53.6 Å². The molecule has 1 fully saturated rings. The zero-order chi connectivity index (χ0) is 20.1. The molecule has 1 aliphatic heterocycles. The number of urea groups is 1. The number of carboxylic acids is 1. The summed E-state index contributed by atoms with van der Waals surface area (Å²) >= 11 is 0. The molecule has 1 atom stereocenters. The minimum absolute atomic E-state index is 0.000101. The first-order chi connectivity index (χ1) is 13.5. The van der Waals surface area contributed by atoms with E-state index in [9.17, 15) is 9.59 Å². The van der Waals surface area contributed by atoms with Crippen molar-refractivity contribution in [1.29, 1.82) is 5.26 Å². The molecule has 8 nitrogen and oxygen atoms in total. The fourth-order valence-electron chi connectivity index (χ4n) is 2.75. The van der Waals surface area contributed by atoms with E-state index < -0.39 is 12.1 Å². The number of morpholine rings is 1. The van der Waals surface area contributed by atoms with E-state index in [4.69, 9.17) is 19.8 Å². The summed E-state index contributed by atoms with van der Waals surface area (Å²) in [6.07, 6.45) is -1.01. The lowest BCUT2D eigenvalue weighted by molar-refractivity contribution is -0.154. The van der Waals surface area contributed by atoms with Crippen LogP contribution in [-0.4, -0.2) is 47.8 Å². The molecule has 1 saturated heterocycles. The molecule has 0 aliphatic carbocycles. The standard InChI is InChI=1S/C20H19N3O5/c1-13-10-16(28-15-4-2-14(11-21)3-5-15)6-7-17(13)22-20(26)23-8-9-27-18(12-23)19(24)25/h2-7,10,18H,8-9,12H2,1H3,(H,22,26)(H,24,25). The molecule has 2 amide bonds. The Labute approximate surface area is 161 Å². The number of carboxylic acid groups (broad SMARTS) is 1. The second kappa shape index (κ2) is 8.41. The van der Waals surface area contributed by atoms with E-state index in [2.05, 4.69) is 5.32 Å². The maximum Gasteiger partial charge on any atom is 0.334 e. The first-order valence-corrected chi connectivity index (χ1v) is 8.65. The molecule has 0 radical (unpaired) electrons. The Morgan fingerprint density at radius 1 is 1.25 bits per heavy atom. The maximum absolute atomic E-state index is 12.4. The summed E-state index contributed by atoms with van der Waals surface area (Å²) in [5.41, 5.74) is 1.95. The molecule has 0 aromatic heterocycles. The number of hydrogen-bond acceptors (Lipinski definition) is 5.